The molecule has 1 amide bonds. The van der Waals surface area contributed by atoms with Crippen molar-refractivity contribution in [3.8, 4) is 0 Å². The van der Waals surface area contributed by atoms with Crippen molar-refractivity contribution in [1.29, 1.82) is 0 Å². The Morgan fingerprint density at radius 3 is 2.52 bits per heavy atom. The summed E-state index contributed by atoms with van der Waals surface area (Å²) >= 11 is 2.39. The number of fused-ring (bicyclic) bond motifs is 1. The van der Waals surface area contributed by atoms with E-state index < -0.39 is 18.6 Å². The molecule has 166 valence electrons. The molecule has 10 heteroatoms. The van der Waals surface area contributed by atoms with Gasteiger partial charge in [-0.2, -0.15) is 13.2 Å². The van der Waals surface area contributed by atoms with Crippen LogP contribution in [0.2, 0.25) is 0 Å². The highest BCUT2D eigenvalue weighted by atomic mass is 32.2. The van der Waals surface area contributed by atoms with E-state index in [1.165, 1.54) is 15.9 Å². The zero-order valence-corrected chi connectivity index (χ0v) is 18.9. The van der Waals surface area contributed by atoms with Gasteiger partial charge in [-0.05, 0) is 31.4 Å². The molecule has 0 aliphatic carbocycles. The van der Waals surface area contributed by atoms with Gasteiger partial charge in [0.25, 0.3) is 5.56 Å². The minimum absolute atomic E-state index is 0.211. The molecule has 0 saturated heterocycles. The summed E-state index contributed by atoms with van der Waals surface area (Å²) in [5, 5.41) is 2.71. The lowest BCUT2D eigenvalue weighted by Gasteiger charge is -2.13. The van der Waals surface area contributed by atoms with Crippen molar-refractivity contribution in [2.24, 2.45) is 0 Å². The summed E-state index contributed by atoms with van der Waals surface area (Å²) in [6, 6.07) is 7.70. The molecule has 0 saturated carbocycles. The van der Waals surface area contributed by atoms with Gasteiger partial charge in [0.1, 0.15) is 11.4 Å². The fourth-order valence-electron chi connectivity index (χ4n) is 3.09. The van der Waals surface area contributed by atoms with Crippen LogP contribution in [0.25, 0.3) is 10.2 Å². The number of hydrogen-bond acceptors (Lipinski definition) is 5. The fraction of sp³-hybridized carbons (Fsp3) is 0.381. The van der Waals surface area contributed by atoms with Crippen molar-refractivity contribution in [1.82, 2.24) is 14.9 Å². The van der Waals surface area contributed by atoms with Gasteiger partial charge >= 0.3 is 6.18 Å². The van der Waals surface area contributed by atoms with Crippen LogP contribution in [0.5, 0.6) is 0 Å². The molecule has 0 atom stereocenters. The molecule has 31 heavy (non-hydrogen) atoms. The summed E-state index contributed by atoms with van der Waals surface area (Å²) in [6.07, 6.45) is -3.71. The van der Waals surface area contributed by atoms with E-state index in [0.717, 1.165) is 39.8 Å². The topological polar surface area (TPSA) is 64.0 Å². The maximum absolute atomic E-state index is 13.3. The zero-order valence-electron chi connectivity index (χ0n) is 17.3. The number of hydrogen-bond donors (Lipinski definition) is 1. The third-order valence-corrected chi connectivity index (χ3v) is 7.02. The van der Waals surface area contributed by atoms with E-state index in [2.05, 4.69) is 4.98 Å². The highest BCUT2D eigenvalue weighted by Gasteiger charge is 2.27. The number of thioether (sulfide) groups is 1. The first-order chi connectivity index (χ1) is 14.6. The van der Waals surface area contributed by atoms with E-state index in [4.69, 9.17) is 0 Å². The van der Waals surface area contributed by atoms with Crippen LogP contribution in [-0.2, 0) is 17.8 Å². The Bertz CT molecular complexity index is 1150. The Balaban J connectivity index is 1.96. The molecule has 0 spiro atoms. The average Bonchev–Trinajstić information content (AvgIpc) is 3.03. The first-order valence-corrected chi connectivity index (χ1v) is 11.4. The summed E-state index contributed by atoms with van der Waals surface area (Å²) in [5.41, 5.74) is 2.66. The second-order valence-electron chi connectivity index (χ2n) is 7.14. The van der Waals surface area contributed by atoms with E-state index in [1.807, 2.05) is 50.4 Å². The van der Waals surface area contributed by atoms with Crippen molar-refractivity contribution in [2.45, 2.75) is 45.1 Å². The van der Waals surface area contributed by atoms with Crippen LogP contribution in [0.4, 0.5) is 13.2 Å². The second-order valence-corrected chi connectivity index (χ2v) is 9.16. The molecule has 1 N–H and O–H groups in total. The monoisotopic (exact) mass is 469 g/mol. The van der Waals surface area contributed by atoms with Crippen LogP contribution in [0.3, 0.4) is 0 Å². The van der Waals surface area contributed by atoms with Crippen LogP contribution in [0.1, 0.15) is 28.5 Å². The quantitative estimate of drug-likeness (QED) is 0.410. The second kappa shape index (κ2) is 9.44. The van der Waals surface area contributed by atoms with Gasteiger partial charge < -0.3 is 5.32 Å². The van der Waals surface area contributed by atoms with E-state index in [0.29, 0.717) is 15.4 Å². The van der Waals surface area contributed by atoms with Gasteiger partial charge in [0, 0.05) is 4.88 Å². The molecule has 2 heterocycles. The van der Waals surface area contributed by atoms with Crippen molar-refractivity contribution in [2.75, 3.05) is 12.3 Å². The van der Waals surface area contributed by atoms with Gasteiger partial charge in [-0.25, -0.2) is 4.98 Å². The number of rotatable bonds is 7. The summed E-state index contributed by atoms with van der Waals surface area (Å²) in [7, 11) is 0. The summed E-state index contributed by atoms with van der Waals surface area (Å²) < 4.78 is 38.5. The number of halogens is 3. The molecule has 0 aliphatic heterocycles. The predicted molar refractivity (Wildman–Crippen MR) is 118 cm³/mol. The zero-order chi connectivity index (χ0) is 22.8. The molecule has 5 nitrogen and oxygen atoms in total. The van der Waals surface area contributed by atoms with Crippen LogP contribution in [0.15, 0.2) is 34.2 Å². The molecular weight excluding hydrogens is 447 g/mol. The third kappa shape index (κ3) is 5.68. The van der Waals surface area contributed by atoms with Crippen molar-refractivity contribution in [3.05, 3.63) is 56.2 Å². The van der Waals surface area contributed by atoms with Crippen LogP contribution in [-0.4, -0.2) is 33.9 Å². The first-order valence-electron chi connectivity index (χ1n) is 9.63. The Kier molecular flexibility index (Phi) is 7.10. The molecule has 0 fully saturated rings. The number of carbonyl (C=O) groups excluding carboxylic acids is 1. The summed E-state index contributed by atoms with van der Waals surface area (Å²) in [6.45, 7) is 4.73. The number of nitrogens with zero attached hydrogens (tertiary/aromatic N) is 2. The summed E-state index contributed by atoms with van der Waals surface area (Å²) in [5.74, 6) is -1.04. The molecule has 0 aliphatic rings. The van der Waals surface area contributed by atoms with Gasteiger partial charge in [0.05, 0.1) is 17.7 Å². The van der Waals surface area contributed by atoms with Crippen molar-refractivity contribution < 1.29 is 18.0 Å². The fourth-order valence-corrected chi connectivity index (χ4v) is 5.07. The Morgan fingerprint density at radius 2 is 1.90 bits per heavy atom. The van der Waals surface area contributed by atoms with E-state index in [-0.39, 0.29) is 17.9 Å². The smallest absolute Gasteiger partial charge is 0.346 e. The minimum atomic E-state index is -4.48. The number of amides is 1. The van der Waals surface area contributed by atoms with E-state index >= 15 is 0 Å². The number of alkyl halides is 3. The van der Waals surface area contributed by atoms with Gasteiger partial charge in [0.2, 0.25) is 5.91 Å². The largest absolute Gasteiger partial charge is 0.405 e. The molecule has 2 aromatic heterocycles. The molecular formula is C21H22F3N3O2S2. The predicted octanol–water partition coefficient (Wildman–Crippen LogP) is 4.46. The van der Waals surface area contributed by atoms with Crippen LogP contribution in [0, 0.1) is 13.8 Å². The normalized spacial score (nSPS) is 11.8. The number of aryl methyl sites for hydroxylation is 3. The van der Waals surface area contributed by atoms with Crippen molar-refractivity contribution >= 4 is 39.2 Å². The lowest BCUT2D eigenvalue weighted by atomic mass is 10.1. The van der Waals surface area contributed by atoms with Gasteiger partial charge in [-0.3, -0.25) is 14.2 Å². The molecule has 0 bridgehead atoms. The molecule has 1 aromatic carbocycles. The van der Waals surface area contributed by atoms with Gasteiger partial charge in [0.15, 0.2) is 5.16 Å². The number of thiophene rings is 1. The lowest BCUT2D eigenvalue weighted by Crippen LogP contribution is -2.35. The van der Waals surface area contributed by atoms with E-state index in [1.54, 1.807) is 0 Å². The molecule has 0 radical (unpaired) electrons. The molecule has 3 aromatic rings. The first kappa shape index (κ1) is 23.3. The third-order valence-electron chi connectivity index (χ3n) is 4.71. The van der Waals surface area contributed by atoms with E-state index in [9.17, 15) is 22.8 Å². The van der Waals surface area contributed by atoms with Gasteiger partial charge in [-0.1, -0.05) is 48.5 Å². The van der Waals surface area contributed by atoms with Crippen molar-refractivity contribution in [3.63, 3.8) is 0 Å². The van der Waals surface area contributed by atoms with Gasteiger partial charge in [-0.15, -0.1) is 11.3 Å². The number of benzene rings is 1. The Labute approximate surface area is 185 Å². The SMILES string of the molecule is CCc1sc2nc(SCC(=O)NCC(F)(F)F)n(Cc3ccc(C)cc3)c(=O)c2c1C. The highest BCUT2D eigenvalue weighted by Crippen LogP contribution is 2.29. The minimum Gasteiger partial charge on any atom is -0.346 e. The summed E-state index contributed by atoms with van der Waals surface area (Å²) in [4.78, 5) is 31.5. The highest BCUT2D eigenvalue weighted by molar-refractivity contribution is 7.99. The van der Waals surface area contributed by atoms with Crippen LogP contribution < -0.4 is 10.9 Å². The maximum Gasteiger partial charge on any atom is 0.405 e. The van der Waals surface area contributed by atoms with Crippen LogP contribution >= 0.6 is 23.1 Å². The Morgan fingerprint density at radius 1 is 1.23 bits per heavy atom. The lowest BCUT2D eigenvalue weighted by molar-refractivity contribution is -0.136. The number of carbonyl (C=O) groups is 1. The maximum atomic E-state index is 13.3. The standard InChI is InChI=1S/C21H22F3N3O2S2/c1-4-15-13(3)17-18(31-15)26-20(30-10-16(28)25-11-21(22,23)24)27(19(17)29)9-14-7-5-12(2)6-8-14/h5-8H,4,9-11H2,1-3H3,(H,25,28). The number of nitrogens with one attached hydrogen (secondary N) is 1. The average molecular weight is 470 g/mol. The molecule has 3 rings (SSSR count). The molecule has 0 unspecified atom stereocenters. The Hall–Kier alpha value is -2.33. The number of aromatic nitrogens is 2.